The molecule has 2 rings (SSSR count). The van der Waals surface area contributed by atoms with Gasteiger partial charge in [-0.15, -0.1) is 0 Å². The Morgan fingerprint density at radius 3 is 2.70 bits per heavy atom. The number of anilines is 2. The van der Waals surface area contributed by atoms with Gasteiger partial charge >= 0.3 is 0 Å². The maximum Gasteiger partial charge on any atom is 0.143 e. The minimum absolute atomic E-state index is 0.250. The van der Waals surface area contributed by atoms with E-state index in [1.807, 2.05) is 18.2 Å². The average molecular weight is 280 g/mol. The van der Waals surface area contributed by atoms with Gasteiger partial charge in [-0.2, -0.15) is 0 Å². The maximum absolute atomic E-state index is 9.76. The Balaban J connectivity index is 2.36. The van der Waals surface area contributed by atoms with Gasteiger partial charge in [-0.3, -0.25) is 0 Å². The van der Waals surface area contributed by atoms with Crippen molar-refractivity contribution in [3.63, 3.8) is 0 Å². The molecule has 20 heavy (non-hydrogen) atoms. The lowest BCUT2D eigenvalue weighted by atomic mass is 9.93. The predicted molar refractivity (Wildman–Crippen MR) is 80.1 cm³/mol. The SMILES string of the molecule is CCC1(CC)CN(CC(O)CO)c2cc(N)ccc2O1. The number of β-amino-alcohol motifs (C(OH)–C–C–N with tert-alkyl or cyclic N) is 1. The Morgan fingerprint density at radius 1 is 1.40 bits per heavy atom. The molecule has 0 bridgehead atoms. The third-order valence-electron chi connectivity index (χ3n) is 4.06. The highest BCUT2D eigenvalue weighted by atomic mass is 16.5. The van der Waals surface area contributed by atoms with Crippen molar-refractivity contribution < 1.29 is 14.9 Å². The van der Waals surface area contributed by atoms with E-state index in [0.717, 1.165) is 24.3 Å². The van der Waals surface area contributed by atoms with Crippen LogP contribution in [0.4, 0.5) is 11.4 Å². The molecule has 0 saturated heterocycles. The van der Waals surface area contributed by atoms with Gasteiger partial charge in [-0.05, 0) is 31.0 Å². The van der Waals surface area contributed by atoms with E-state index < -0.39 is 6.10 Å². The van der Waals surface area contributed by atoms with Gasteiger partial charge in [0, 0.05) is 12.2 Å². The maximum atomic E-state index is 9.76. The number of hydrogen-bond donors (Lipinski definition) is 3. The molecule has 1 heterocycles. The van der Waals surface area contributed by atoms with Gasteiger partial charge in [0.15, 0.2) is 0 Å². The zero-order valence-corrected chi connectivity index (χ0v) is 12.2. The highest BCUT2D eigenvalue weighted by Gasteiger charge is 2.37. The van der Waals surface area contributed by atoms with Gasteiger partial charge in [0.1, 0.15) is 11.4 Å². The second-order valence-electron chi connectivity index (χ2n) is 5.44. The summed E-state index contributed by atoms with van der Waals surface area (Å²) in [7, 11) is 0. The van der Waals surface area contributed by atoms with Crippen molar-refractivity contribution in [1.29, 1.82) is 0 Å². The normalized spacial score (nSPS) is 18.3. The van der Waals surface area contributed by atoms with Crippen LogP contribution < -0.4 is 15.4 Å². The molecule has 0 radical (unpaired) electrons. The number of benzene rings is 1. The molecule has 5 heteroatoms. The lowest BCUT2D eigenvalue weighted by Gasteiger charge is -2.44. The van der Waals surface area contributed by atoms with Crippen LogP contribution in [0.1, 0.15) is 26.7 Å². The van der Waals surface area contributed by atoms with Gasteiger partial charge < -0.3 is 25.6 Å². The minimum atomic E-state index is -0.770. The van der Waals surface area contributed by atoms with Crippen molar-refractivity contribution >= 4 is 11.4 Å². The lowest BCUT2D eigenvalue weighted by molar-refractivity contribution is 0.0487. The molecular formula is C15H24N2O3. The summed E-state index contributed by atoms with van der Waals surface area (Å²) in [5.74, 6) is 0.791. The van der Waals surface area contributed by atoms with E-state index in [0.29, 0.717) is 18.8 Å². The number of rotatable bonds is 5. The van der Waals surface area contributed by atoms with Gasteiger partial charge in [-0.1, -0.05) is 13.8 Å². The van der Waals surface area contributed by atoms with E-state index in [1.54, 1.807) is 0 Å². The summed E-state index contributed by atoms with van der Waals surface area (Å²) in [4.78, 5) is 2.06. The molecule has 0 amide bonds. The fourth-order valence-corrected chi connectivity index (χ4v) is 2.66. The number of nitrogen functional groups attached to an aromatic ring is 1. The predicted octanol–water partition coefficient (Wildman–Crippen LogP) is 1.38. The van der Waals surface area contributed by atoms with E-state index >= 15 is 0 Å². The zero-order valence-electron chi connectivity index (χ0n) is 12.2. The monoisotopic (exact) mass is 280 g/mol. The van der Waals surface area contributed by atoms with Crippen LogP contribution in [0.15, 0.2) is 18.2 Å². The highest BCUT2D eigenvalue weighted by molar-refractivity contribution is 5.66. The number of hydrogen-bond acceptors (Lipinski definition) is 5. The van der Waals surface area contributed by atoms with Crippen molar-refractivity contribution in [2.24, 2.45) is 0 Å². The number of nitrogens with zero attached hydrogens (tertiary/aromatic N) is 1. The van der Waals surface area contributed by atoms with Crippen LogP contribution in [0, 0.1) is 0 Å². The Morgan fingerprint density at radius 2 is 2.10 bits per heavy atom. The first-order chi connectivity index (χ1) is 9.53. The van der Waals surface area contributed by atoms with Gasteiger partial charge in [0.25, 0.3) is 0 Å². The van der Waals surface area contributed by atoms with E-state index in [1.165, 1.54) is 0 Å². The third-order valence-corrected chi connectivity index (χ3v) is 4.06. The summed E-state index contributed by atoms with van der Waals surface area (Å²) in [5.41, 5.74) is 7.14. The molecule has 4 N–H and O–H groups in total. The van der Waals surface area contributed by atoms with E-state index in [-0.39, 0.29) is 12.2 Å². The van der Waals surface area contributed by atoms with Crippen LogP contribution in [-0.2, 0) is 0 Å². The van der Waals surface area contributed by atoms with E-state index in [9.17, 15) is 5.11 Å². The van der Waals surface area contributed by atoms with Crippen LogP contribution in [0.3, 0.4) is 0 Å². The van der Waals surface area contributed by atoms with Gasteiger partial charge in [-0.25, -0.2) is 0 Å². The van der Waals surface area contributed by atoms with Gasteiger partial charge in [0.2, 0.25) is 0 Å². The summed E-state index contributed by atoms with van der Waals surface area (Å²) in [6.45, 7) is 5.02. The summed E-state index contributed by atoms with van der Waals surface area (Å²) in [6, 6.07) is 5.55. The van der Waals surface area contributed by atoms with Crippen molar-refractivity contribution in [1.82, 2.24) is 0 Å². The number of nitrogens with two attached hydrogens (primary N) is 1. The highest BCUT2D eigenvalue weighted by Crippen LogP contribution is 2.40. The second-order valence-corrected chi connectivity index (χ2v) is 5.44. The summed E-state index contributed by atoms with van der Waals surface area (Å²) >= 11 is 0. The molecule has 0 aromatic heterocycles. The molecule has 1 aliphatic heterocycles. The number of aliphatic hydroxyl groups is 2. The average Bonchev–Trinajstić information content (AvgIpc) is 2.47. The number of aliphatic hydroxyl groups excluding tert-OH is 2. The minimum Gasteiger partial charge on any atom is -0.483 e. The van der Waals surface area contributed by atoms with Crippen LogP contribution >= 0.6 is 0 Å². The largest absolute Gasteiger partial charge is 0.483 e. The van der Waals surface area contributed by atoms with Crippen LogP contribution in [-0.4, -0.2) is 41.6 Å². The number of fused-ring (bicyclic) bond motifs is 1. The molecule has 5 nitrogen and oxygen atoms in total. The molecule has 0 spiro atoms. The Labute approximate surface area is 120 Å². The van der Waals surface area contributed by atoms with Crippen LogP contribution in [0.25, 0.3) is 0 Å². The van der Waals surface area contributed by atoms with Crippen molar-refractivity contribution in [2.45, 2.75) is 38.4 Å². The zero-order chi connectivity index (χ0) is 14.8. The molecule has 1 aliphatic rings. The topological polar surface area (TPSA) is 79.0 Å². The van der Waals surface area contributed by atoms with E-state index in [2.05, 4.69) is 18.7 Å². The molecule has 1 aromatic carbocycles. The molecule has 0 saturated carbocycles. The van der Waals surface area contributed by atoms with Crippen LogP contribution in [0.2, 0.25) is 0 Å². The lowest BCUT2D eigenvalue weighted by Crippen LogP contribution is -2.52. The molecular weight excluding hydrogens is 256 g/mol. The van der Waals surface area contributed by atoms with Crippen LogP contribution in [0.5, 0.6) is 5.75 Å². The first-order valence-electron chi connectivity index (χ1n) is 7.16. The van der Waals surface area contributed by atoms with Crippen molar-refractivity contribution in [2.75, 3.05) is 30.3 Å². The van der Waals surface area contributed by atoms with Gasteiger partial charge in [0.05, 0.1) is 24.9 Å². The fourth-order valence-electron chi connectivity index (χ4n) is 2.66. The first-order valence-corrected chi connectivity index (χ1v) is 7.16. The third kappa shape index (κ3) is 2.83. The smallest absolute Gasteiger partial charge is 0.143 e. The fraction of sp³-hybridized carbons (Fsp3) is 0.600. The molecule has 1 aromatic rings. The molecule has 112 valence electrons. The van der Waals surface area contributed by atoms with Crippen molar-refractivity contribution in [3.8, 4) is 5.75 Å². The summed E-state index contributed by atoms with van der Waals surface area (Å²) in [5, 5.41) is 18.8. The standard InChI is InChI=1S/C15H24N2O3/c1-3-15(4-2)10-17(8-12(19)9-18)13-7-11(16)5-6-14(13)20-15/h5-7,12,18-19H,3-4,8-10,16H2,1-2H3. The van der Waals surface area contributed by atoms with E-state index in [4.69, 9.17) is 15.6 Å². The first kappa shape index (κ1) is 14.9. The van der Waals surface area contributed by atoms with Crippen molar-refractivity contribution in [3.05, 3.63) is 18.2 Å². The summed E-state index contributed by atoms with van der Waals surface area (Å²) in [6.07, 6.45) is 1.01. The Bertz CT molecular complexity index is 460. The summed E-state index contributed by atoms with van der Waals surface area (Å²) < 4.78 is 6.18. The molecule has 1 atom stereocenters. The Hall–Kier alpha value is -1.46. The molecule has 0 fully saturated rings. The quantitative estimate of drug-likeness (QED) is 0.710. The Kier molecular flexibility index (Phi) is 4.40. The second kappa shape index (κ2) is 5.89. The number of ether oxygens (including phenoxy) is 1. The molecule has 1 unspecified atom stereocenters. The molecule has 0 aliphatic carbocycles.